The summed E-state index contributed by atoms with van der Waals surface area (Å²) in [4.78, 5) is 20.2. The second-order valence-electron chi connectivity index (χ2n) is 3.90. The number of nitro groups is 2. The Morgan fingerprint density at radius 3 is 2.19 bits per heavy atom. The lowest BCUT2D eigenvalue weighted by Crippen LogP contribution is -1.94. The minimum atomic E-state index is -0.637. The molecule has 2 rings (SSSR count). The number of hydrogen-bond acceptors (Lipinski definition) is 6. The molecule has 0 N–H and O–H groups in total. The van der Waals surface area contributed by atoms with Crippen molar-refractivity contribution in [2.24, 2.45) is 0 Å². The Morgan fingerprint density at radius 2 is 1.67 bits per heavy atom. The summed E-state index contributed by atoms with van der Waals surface area (Å²) in [6.07, 6.45) is 0. The van der Waals surface area contributed by atoms with E-state index >= 15 is 0 Å². The zero-order chi connectivity index (χ0) is 15.4. The Hall–Kier alpha value is -3.47. The average Bonchev–Trinajstić information content (AvgIpc) is 2.47. The van der Waals surface area contributed by atoms with Crippen LogP contribution in [0.4, 0.5) is 11.4 Å². The minimum Gasteiger partial charge on any atom is -0.450 e. The number of nitrogens with zero attached hydrogens (tertiary/aromatic N) is 3. The number of rotatable bonds is 4. The van der Waals surface area contributed by atoms with Gasteiger partial charge >= 0.3 is 5.69 Å². The maximum Gasteiger partial charge on any atom is 0.311 e. The van der Waals surface area contributed by atoms with Gasteiger partial charge < -0.3 is 4.74 Å². The van der Waals surface area contributed by atoms with Crippen molar-refractivity contribution >= 4 is 11.4 Å². The molecule has 0 fully saturated rings. The second-order valence-corrected chi connectivity index (χ2v) is 3.90. The molecule has 21 heavy (non-hydrogen) atoms. The van der Waals surface area contributed by atoms with Crippen molar-refractivity contribution in [3.05, 3.63) is 68.3 Å². The van der Waals surface area contributed by atoms with Crippen LogP contribution in [0.15, 0.2) is 42.5 Å². The Balaban J connectivity index is 2.36. The van der Waals surface area contributed by atoms with Gasteiger partial charge in [0.1, 0.15) is 5.75 Å². The van der Waals surface area contributed by atoms with E-state index in [1.165, 1.54) is 42.5 Å². The van der Waals surface area contributed by atoms with E-state index < -0.39 is 9.85 Å². The molecule has 2 aromatic carbocycles. The molecule has 0 radical (unpaired) electrons. The van der Waals surface area contributed by atoms with Crippen LogP contribution < -0.4 is 4.74 Å². The summed E-state index contributed by atoms with van der Waals surface area (Å²) < 4.78 is 5.33. The molecule has 0 saturated heterocycles. The molecule has 104 valence electrons. The molecule has 0 spiro atoms. The molecule has 0 heterocycles. The van der Waals surface area contributed by atoms with Gasteiger partial charge in [-0.2, -0.15) is 5.26 Å². The maximum absolute atomic E-state index is 10.9. The van der Waals surface area contributed by atoms with E-state index in [1.807, 2.05) is 6.07 Å². The second kappa shape index (κ2) is 5.66. The van der Waals surface area contributed by atoms with Crippen LogP contribution in [0.1, 0.15) is 5.56 Å². The first-order chi connectivity index (χ1) is 10.0. The molecule has 0 aromatic heterocycles. The number of benzene rings is 2. The smallest absolute Gasteiger partial charge is 0.311 e. The van der Waals surface area contributed by atoms with E-state index in [2.05, 4.69) is 0 Å². The third-order valence-corrected chi connectivity index (χ3v) is 2.56. The fourth-order valence-electron chi connectivity index (χ4n) is 1.58. The monoisotopic (exact) mass is 285 g/mol. The minimum absolute atomic E-state index is 0.104. The van der Waals surface area contributed by atoms with Gasteiger partial charge in [-0.3, -0.25) is 20.2 Å². The largest absolute Gasteiger partial charge is 0.450 e. The number of ether oxygens (including phenoxy) is 1. The predicted molar refractivity (Wildman–Crippen MR) is 71.0 cm³/mol. The van der Waals surface area contributed by atoms with Gasteiger partial charge in [0.25, 0.3) is 5.69 Å². The van der Waals surface area contributed by atoms with Crippen LogP contribution in [-0.4, -0.2) is 9.85 Å². The van der Waals surface area contributed by atoms with Gasteiger partial charge in [-0.05, 0) is 18.2 Å². The van der Waals surface area contributed by atoms with Crippen molar-refractivity contribution in [3.63, 3.8) is 0 Å². The summed E-state index contributed by atoms with van der Waals surface area (Å²) in [6.45, 7) is 0. The van der Waals surface area contributed by atoms with Crippen LogP contribution in [-0.2, 0) is 0 Å². The van der Waals surface area contributed by atoms with Crippen molar-refractivity contribution in [2.45, 2.75) is 0 Å². The molecule has 2 aromatic rings. The Kier molecular flexibility index (Phi) is 3.76. The van der Waals surface area contributed by atoms with Crippen LogP contribution in [0, 0.1) is 31.6 Å². The average molecular weight is 285 g/mol. The van der Waals surface area contributed by atoms with Crippen molar-refractivity contribution in [1.82, 2.24) is 0 Å². The highest BCUT2D eigenvalue weighted by molar-refractivity contribution is 5.53. The van der Waals surface area contributed by atoms with Crippen LogP contribution in [0.25, 0.3) is 0 Å². The highest BCUT2D eigenvalue weighted by atomic mass is 16.6. The normalized spacial score (nSPS) is 9.67. The predicted octanol–water partition coefficient (Wildman–Crippen LogP) is 3.17. The van der Waals surface area contributed by atoms with Gasteiger partial charge in [0, 0.05) is 24.3 Å². The van der Waals surface area contributed by atoms with E-state index in [-0.39, 0.29) is 28.4 Å². The molecule has 0 aliphatic heterocycles. The van der Waals surface area contributed by atoms with Gasteiger partial charge in [0.05, 0.1) is 21.5 Å². The van der Waals surface area contributed by atoms with Crippen LogP contribution in [0.5, 0.6) is 11.5 Å². The lowest BCUT2D eigenvalue weighted by atomic mass is 10.2. The summed E-state index contributed by atoms with van der Waals surface area (Å²) in [5.41, 5.74) is -0.215. The van der Waals surface area contributed by atoms with E-state index in [9.17, 15) is 20.2 Å². The van der Waals surface area contributed by atoms with Crippen molar-refractivity contribution in [1.29, 1.82) is 5.26 Å². The molecule has 0 saturated carbocycles. The summed E-state index contributed by atoms with van der Waals surface area (Å²) in [5.74, 6) is 0.0895. The molecular formula is C13H7N3O5. The van der Waals surface area contributed by atoms with Gasteiger partial charge in [0.2, 0.25) is 5.75 Å². The van der Waals surface area contributed by atoms with E-state index in [4.69, 9.17) is 10.00 Å². The van der Waals surface area contributed by atoms with Crippen LogP contribution >= 0.6 is 0 Å². The first-order valence-electron chi connectivity index (χ1n) is 5.62. The SMILES string of the molecule is N#Cc1ccc([N+](=O)[O-])c(Oc2ccc([N+](=O)[O-])cc2)c1. The van der Waals surface area contributed by atoms with Crippen LogP contribution in [0.3, 0.4) is 0 Å². The summed E-state index contributed by atoms with van der Waals surface area (Å²) in [6, 6.07) is 10.6. The Labute approximate surface area is 118 Å². The lowest BCUT2D eigenvalue weighted by molar-refractivity contribution is -0.385. The molecular weight excluding hydrogens is 278 g/mol. The van der Waals surface area contributed by atoms with Crippen molar-refractivity contribution in [3.8, 4) is 17.6 Å². The van der Waals surface area contributed by atoms with Gasteiger partial charge in [0.15, 0.2) is 0 Å². The molecule has 0 atom stereocenters. The number of nitro benzene ring substituents is 2. The van der Waals surface area contributed by atoms with Crippen molar-refractivity contribution in [2.75, 3.05) is 0 Å². The highest BCUT2D eigenvalue weighted by Gasteiger charge is 2.17. The van der Waals surface area contributed by atoms with Gasteiger partial charge in [-0.25, -0.2) is 0 Å². The summed E-state index contributed by atoms with van der Waals surface area (Å²) in [7, 11) is 0. The number of hydrogen-bond donors (Lipinski definition) is 0. The first-order valence-corrected chi connectivity index (χ1v) is 5.62. The molecule has 8 nitrogen and oxygen atoms in total. The third-order valence-electron chi connectivity index (χ3n) is 2.56. The zero-order valence-electron chi connectivity index (χ0n) is 10.4. The molecule has 0 amide bonds. The van der Waals surface area contributed by atoms with E-state index in [1.54, 1.807) is 0 Å². The number of non-ortho nitro benzene ring substituents is 1. The topological polar surface area (TPSA) is 119 Å². The summed E-state index contributed by atoms with van der Waals surface area (Å²) in [5, 5.41) is 30.2. The van der Waals surface area contributed by atoms with Gasteiger partial charge in [-0.1, -0.05) is 0 Å². The summed E-state index contributed by atoms with van der Waals surface area (Å²) >= 11 is 0. The van der Waals surface area contributed by atoms with Gasteiger partial charge in [-0.15, -0.1) is 0 Å². The quantitative estimate of drug-likeness (QED) is 0.628. The molecule has 0 aliphatic rings. The fraction of sp³-hybridized carbons (Fsp3) is 0. The highest BCUT2D eigenvalue weighted by Crippen LogP contribution is 2.32. The van der Waals surface area contributed by atoms with Crippen LogP contribution in [0.2, 0.25) is 0 Å². The standard InChI is InChI=1S/C13H7N3O5/c14-8-9-1-6-12(16(19)20)13(7-9)21-11-4-2-10(3-5-11)15(17)18/h1-7H. The Morgan fingerprint density at radius 1 is 1.00 bits per heavy atom. The molecule has 0 bridgehead atoms. The maximum atomic E-state index is 10.9. The molecule has 0 aliphatic carbocycles. The lowest BCUT2D eigenvalue weighted by Gasteiger charge is -2.06. The van der Waals surface area contributed by atoms with Crippen molar-refractivity contribution < 1.29 is 14.6 Å². The van der Waals surface area contributed by atoms with E-state index in [0.717, 1.165) is 0 Å². The third kappa shape index (κ3) is 3.10. The molecule has 8 heteroatoms. The fourth-order valence-corrected chi connectivity index (χ4v) is 1.58. The molecule has 0 unspecified atom stereocenters. The first kappa shape index (κ1) is 14.0. The van der Waals surface area contributed by atoms with E-state index in [0.29, 0.717) is 0 Å². The zero-order valence-corrected chi connectivity index (χ0v) is 10.4. The number of nitriles is 1. The Bertz CT molecular complexity index is 749.